The molecule has 3 heterocycles. The number of aryl methyl sites for hydroxylation is 1. The lowest BCUT2D eigenvalue weighted by Gasteiger charge is -2.26. The van der Waals surface area contributed by atoms with Gasteiger partial charge in [-0.05, 0) is 24.1 Å². The van der Waals surface area contributed by atoms with Gasteiger partial charge < -0.3 is 10.0 Å². The fraction of sp³-hybridized carbons (Fsp3) is 0.111. The number of hydrogen-bond donors (Lipinski definition) is 1. The second-order valence-electron chi connectivity index (χ2n) is 8.44. The van der Waals surface area contributed by atoms with Crippen LogP contribution in [0.2, 0.25) is 0 Å². The molecular weight excluding hydrogens is 492 g/mol. The molecule has 1 aliphatic rings. The second kappa shape index (κ2) is 9.75. The van der Waals surface area contributed by atoms with E-state index in [0.29, 0.717) is 21.8 Å². The monoisotopic (exact) mass is 512 g/mol. The molecule has 5 rings (SSSR count). The maximum atomic E-state index is 13.9. The molecular formula is C27H20N4O5S. The van der Waals surface area contributed by atoms with Crippen LogP contribution in [0, 0.1) is 17.0 Å². The average Bonchev–Trinajstić information content (AvgIpc) is 3.42. The Morgan fingerprint density at radius 3 is 2.62 bits per heavy atom. The number of rotatable bonds is 7. The van der Waals surface area contributed by atoms with Crippen molar-refractivity contribution in [2.75, 3.05) is 0 Å². The number of amides is 1. The zero-order valence-electron chi connectivity index (χ0n) is 19.6. The summed E-state index contributed by atoms with van der Waals surface area (Å²) in [4.78, 5) is 48.3. The van der Waals surface area contributed by atoms with Crippen LogP contribution < -0.4 is 0 Å². The Hall–Kier alpha value is -4.70. The summed E-state index contributed by atoms with van der Waals surface area (Å²) in [5, 5.41) is 23.1. The first-order valence-corrected chi connectivity index (χ1v) is 12.1. The molecule has 0 spiro atoms. The molecule has 0 aliphatic carbocycles. The van der Waals surface area contributed by atoms with Crippen molar-refractivity contribution in [2.24, 2.45) is 0 Å². The molecule has 10 heteroatoms. The smallest absolute Gasteiger partial charge is 0.290 e. The lowest BCUT2D eigenvalue weighted by Crippen LogP contribution is -2.30. The van der Waals surface area contributed by atoms with Crippen LogP contribution in [-0.2, 0) is 11.3 Å². The van der Waals surface area contributed by atoms with Gasteiger partial charge in [0.15, 0.2) is 5.76 Å². The summed E-state index contributed by atoms with van der Waals surface area (Å²) in [6.07, 6.45) is 3.17. The molecule has 1 unspecified atom stereocenters. The highest BCUT2D eigenvalue weighted by molar-refractivity contribution is 7.17. The van der Waals surface area contributed by atoms with Gasteiger partial charge in [0.25, 0.3) is 11.6 Å². The minimum Gasteiger partial charge on any atom is -0.503 e. The molecule has 1 N–H and O–H groups in total. The van der Waals surface area contributed by atoms with Crippen LogP contribution in [0.15, 0.2) is 90.5 Å². The first-order chi connectivity index (χ1) is 17.8. The first-order valence-electron chi connectivity index (χ1n) is 11.3. The molecule has 184 valence electrons. The van der Waals surface area contributed by atoms with E-state index in [9.17, 15) is 24.8 Å². The highest BCUT2D eigenvalue weighted by atomic mass is 32.1. The average molecular weight is 513 g/mol. The molecule has 1 atom stereocenters. The lowest BCUT2D eigenvalue weighted by molar-refractivity contribution is -0.384. The molecule has 0 saturated carbocycles. The maximum absolute atomic E-state index is 13.9. The number of benzene rings is 2. The Labute approximate surface area is 215 Å². The van der Waals surface area contributed by atoms with Gasteiger partial charge in [-0.3, -0.25) is 24.7 Å². The van der Waals surface area contributed by atoms with Gasteiger partial charge in [0.05, 0.1) is 27.1 Å². The van der Waals surface area contributed by atoms with Crippen LogP contribution in [0.4, 0.5) is 5.69 Å². The molecule has 37 heavy (non-hydrogen) atoms. The number of nitro benzene ring substituents is 1. The Morgan fingerprint density at radius 1 is 1.14 bits per heavy atom. The van der Waals surface area contributed by atoms with E-state index in [-0.39, 0.29) is 22.7 Å². The number of carbonyl (C=O) groups is 2. The zero-order valence-corrected chi connectivity index (χ0v) is 20.4. The van der Waals surface area contributed by atoms with Crippen LogP contribution in [0.1, 0.15) is 32.5 Å². The van der Waals surface area contributed by atoms with Gasteiger partial charge in [0.1, 0.15) is 5.01 Å². The predicted molar refractivity (Wildman–Crippen MR) is 137 cm³/mol. The fourth-order valence-electron chi connectivity index (χ4n) is 4.33. The number of aliphatic hydroxyl groups excluding tert-OH is 1. The van der Waals surface area contributed by atoms with Gasteiger partial charge in [-0.1, -0.05) is 48.5 Å². The number of ketones is 1. The van der Waals surface area contributed by atoms with E-state index in [4.69, 9.17) is 0 Å². The van der Waals surface area contributed by atoms with E-state index in [2.05, 4.69) is 9.97 Å². The SMILES string of the molecule is Cc1nc(-c2ccccc2)sc1C(=O)C1=C(O)C(=O)N(Cc2cccnc2)C1c1cccc([N+](=O)[O-])c1. The van der Waals surface area contributed by atoms with Gasteiger partial charge in [-0.15, -0.1) is 11.3 Å². The third-order valence-corrected chi connectivity index (χ3v) is 7.25. The van der Waals surface area contributed by atoms with Crippen LogP contribution in [-0.4, -0.2) is 36.6 Å². The van der Waals surface area contributed by atoms with E-state index >= 15 is 0 Å². The number of thiazole rings is 1. The highest BCUT2D eigenvalue weighted by Crippen LogP contribution is 2.42. The van der Waals surface area contributed by atoms with Crippen molar-refractivity contribution < 1.29 is 19.6 Å². The summed E-state index contributed by atoms with van der Waals surface area (Å²) in [7, 11) is 0. The molecule has 0 saturated heterocycles. The van der Waals surface area contributed by atoms with Crippen molar-refractivity contribution in [2.45, 2.75) is 19.5 Å². The van der Waals surface area contributed by atoms with E-state index in [1.807, 2.05) is 30.3 Å². The summed E-state index contributed by atoms with van der Waals surface area (Å²) >= 11 is 1.17. The molecule has 0 radical (unpaired) electrons. The highest BCUT2D eigenvalue weighted by Gasteiger charge is 2.45. The third-order valence-electron chi connectivity index (χ3n) is 6.04. The van der Waals surface area contributed by atoms with Crippen LogP contribution in [0.25, 0.3) is 10.6 Å². The van der Waals surface area contributed by atoms with Crippen LogP contribution >= 0.6 is 11.3 Å². The van der Waals surface area contributed by atoms with Gasteiger partial charge in [0.2, 0.25) is 5.78 Å². The minimum atomic E-state index is -1.04. The summed E-state index contributed by atoms with van der Waals surface area (Å²) in [5.41, 5.74) is 1.98. The van der Waals surface area contributed by atoms with E-state index in [1.165, 1.54) is 34.4 Å². The summed E-state index contributed by atoms with van der Waals surface area (Å²) in [6, 6.07) is 17.5. The lowest BCUT2D eigenvalue weighted by atomic mass is 9.94. The quantitative estimate of drug-likeness (QED) is 0.205. The van der Waals surface area contributed by atoms with Gasteiger partial charge in [0, 0.05) is 36.6 Å². The van der Waals surface area contributed by atoms with E-state index < -0.39 is 28.4 Å². The van der Waals surface area contributed by atoms with Gasteiger partial charge >= 0.3 is 0 Å². The van der Waals surface area contributed by atoms with Crippen LogP contribution in [0.3, 0.4) is 0 Å². The summed E-state index contributed by atoms with van der Waals surface area (Å²) in [5.74, 6) is -1.97. The number of hydrogen-bond acceptors (Lipinski definition) is 8. The van der Waals surface area contributed by atoms with Crippen LogP contribution in [0.5, 0.6) is 0 Å². The standard InChI is InChI=1S/C27H20N4O5S/c1-16-25(37-26(29-16)18-8-3-2-4-9-18)23(32)21-22(19-10-5-11-20(13-19)31(35)36)30(27(34)24(21)33)15-17-7-6-12-28-14-17/h2-14,22,33H,15H2,1H3. The molecule has 1 amide bonds. The number of Topliss-reactive ketones (excluding diaryl/α,β-unsaturated/α-hetero) is 1. The first kappa shape index (κ1) is 24.0. The molecule has 0 bridgehead atoms. The summed E-state index contributed by atoms with van der Waals surface area (Å²) in [6.45, 7) is 1.73. The Bertz CT molecular complexity index is 1550. The molecule has 2 aromatic carbocycles. The van der Waals surface area contributed by atoms with E-state index in [1.54, 1.807) is 37.5 Å². The van der Waals surface area contributed by atoms with E-state index in [0.717, 1.165) is 5.56 Å². The Morgan fingerprint density at radius 2 is 1.92 bits per heavy atom. The molecule has 2 aromatic heterocycles. The third kappa shape index (κ3) is 4.50. The van der Waals surface area contributed by atoms with Crippen molar-refractivity contribution >= 4 is 28.7 Å². The molecule has 1 aliphatic heterocycles. The number of aliphatic hydroxyl groups is 1. The Balaban J connectivity index is 1.61. The number of nitro groups is 1. The van der Waals surface area contributed by atoms with Crippen molar-refractivity contribution in [3.05, 3.63) is 122 Å². The molecule has 4 aromatic rings. The topological polar surface area (TPSA) is 127 Å². The largest absolute Gasteiger partial charge is 0.503 e. The van der Waals surface area contributed by atoms with Gasteiger partial charge in [-0.2, -0.15) is 0 Å². The number of nitrogens with zero attached hydrogens (tertiary/aromatic N) is 4. The zero-order chi connectivity index (χ0) is 26.1. The number of aromatic nitrogens is 2. The number of non-ortho nitro benzene ring substituents is 1. The normalized spacial score (nSPS) is 15.3. The predicted octanol–water partition coefficient (Wildman–Crippen LogP) is 5.20. The maximum Gasteiger partial charge on any atom is 0.290 e. The molecule has 0 fully saturated rings. The number of carbonyl (C=O) groups excluding carboxylic acids is 2. The van der Waals surface area contributed by atoms with Crippen molar-refractivity contribution in [3.63, 3.8) is 0 Å². The minimum absolute atomic E-state index is 0.0395. The molecule has 9 nitrogen and oxygen atoms in total. The summed E-state index contributed by atoms with van der Waals surface area (Å²) < 4.78 is 0. The number of pyridine rings is 1. The Kier molecular flexibility index (Phi) is 6.33. The van der Waals surface area contributed by atoms with Crippen molar-refractivity contribution in [1.29, 1.82) is 0 Å². The fourth-order valence-corrected chi connectivity index (χ4v) is 5.35. The van der Waals surface area contributed by atoms with Gasteiger partial charge in [-0.25, -0.2) is 4.98 Å². The second-order valence-corrected chi connectivity index (χ2v) is 9.44. The van der Waals surface area contributed by atoms with Crippen molar-refractivity contribution in [1.82, 2.24) is 14.9 Å². The van der Waals surface area contributed by atoms with Crippen molar-refractivity contribution in [3.8, 4) is 10.6 Å².